The molecule has 0 bridgehead atoms. The summed E-state index contributed by atoms with van der Waals surface area (Å²) in [5, 5.41) is 6.67. The topological polar surface area (TPSA) is 78.7 Å². The van der Waals surface area contributed by atoms with Crippen molar-refractivity contribution >= 4 is 17.5 Å². The summed E-state index contributed by atoms with van der Waals surface area (Å²) < 4.78 is 1.87. The van der Waals surface area contributed by atoms with Crippen LogP contribution in [0.25, 0.3) is 5.65 Å². The fourth-order valence-corrected chi connectivity index (χ4v) is 7.34. The zero-order valence-corrected chi connectivity index (χ0v) is 23.8. The number of hydrogen-bond donors (Lipinski definition) is 2. The van der Waals surface area contributed by atoms with Gasteiger partial charge < -0.3 is 19.9 Å². The number of imidazole rings is 1. The molecule has 7 nitrogen and oxygen atoms in total. The number of pyridine rings is 1. The first-order valence-corrected chi connectivity index (χ1v) is 15.9. The lowest BCUT2D eigenvalue weighted by Gasteiger charge is -2.44. The number of carbonyl (C=O) groups excluding carboxylic acids is 2. The second kappa shape index (κ2) is 13.8. The van der Waals surface area contributed by atoms with Gasteiger partial charge in [-0.3, -0.25) is 9.59 Å². The fraction of sp³-hybridized carbons (Fsp3) is 0.719. The van der Waals surface area contributed by atoms with Crippen molar-refractivity contribution in [2.24, 2.45) is 11.3 Å². The molecule has 1 atom stereocenters. The van der Waals surface area contributed by atoms with Gasteiger partial charge in [0.25, 0.3) is 5.91 Å². The van der Waals surface area contributed by atoms with Crippen LogP contribution >= 0.6 is 0 Å². The highest BCUT2D eigenvalue weighted by molar-refractivity contribution is 5.94. The normalized spacial score (nSPS) is 23.1. The molecule has 2 amide bonds. The van der Waals surface area contributed by atoms with Crippen molar-refractivity contribution in [2.45, 2.75) is 109 Å². The lowest BCUT2D eigenvalue weighted by Crippen LogP contribution is -2.54. The molecule has 1 unspecified atom stereocenters. The zero-order valence-electron chi connectivity index (χ0n) is 23.8. The maximum atomic E-state index is 13.5. The Labute approximate surface area is 234 Å². The molecule has 7 heteroatoms. The molecule has 0 radical (unpaired) electrons. The summed E-state index contributed by atoms with van der Waals surface area (Å²) in [4.78, 5) is 32.4. The molecule has 3 fully saturated rings. The molecule has 1 spiro atoms. The predicted molar refractivity (Wildman–Crippen MR) is 156 cm³/mol. The Bertz CT molecular complexity index is 1060. The Kier molecular flexibility index (Phi) is 9.94. The molecule has 4 heterocycles. The van der Waals surface area contributed by atoms with Gasteiger partial charge in [-0.25, -0.2) is 4.98 Å². The first-order chi connectivity index (χ1) is 19.1. The number of hydrogen-bond acceptors (Lipinski definition) is 4. The molecule has 2 aliphatic heterocycles. The number of carbonyl (C=O) groups is 2. The van der Waals surface area contributed by atoms with Crippen LogP contribution in [0.15, 0.2) is 30.7 Å². The van der Waals surface area contributed by atoms with Gasteiger partial charge in [0.15, 0.2) is 0 Å². The van der Waals surface area contributed by atoms with E-state index in [1.807, 2.05) is 28.9 Å². The van der Waals surface area contributed by atoms with Crippen LogP contribution in [0.5, 0.6) is 0 Å². The molecule has 2 aromatic heterocycles. The second-order valence-electron chi connectivity index (χ2n) is 12.6. The monoisotopic (exact) mass is 535 g/mol. The van der Waals surface area contributed by atoms with E-state index in [0.717, 1.165) is 57.4 Å². The van der Waals surface area contributed by atoms with Gasteiger partial charge in [0.1, 0.15) is 5.65 Å². The lowest BCUT2D eigenvalue weighted by molar-refractivity contribution is -0.137. The Morgan fingerprint density at radius 1 is 0.974 bits per heavy atom. The quantitative estimate of drug-likeness (QED) is 0.444. The number of fused-ring (bicyclic) bond motifs is 1. The van der Waals surface area contributed by atoms with Gasteiger partial charge >= 0.3 is 0 Å². The number of amides is 2. The third-order valence-corrected chi connectivity index (χ3v) is 9.80. The van der Waals surface area contributed by atoms with Gasteiger partial charge in [0.05, 0.1) is 11.6 Å². The first kappa shape index (κ1) is 28.1. The maximum absolute atomic E-state index is 13.5. The number of nitrogens with one attached hydrogen (secondary N) is 2. The van der Waals surface area contributed by atoms with Crippen molar-refractivity contribution in [3.63, 3.8) is 0 Å². The molecule has 214 valence electrons. The largest absolute Gasteiger partial charge is 0.352 e. The van der Waals surface area contributed by atoms with Gasteiger partial charge in [-0.2, -0.15) is 0 Å². The number of unbranched alkanes of at least 4 members (excludes halogenated alkanes) is 1. The number of likely N-dealkylation sites (tertiary alicyclic amines) is 1. The van der Waals surface area contributed by atoms with Gasteiger partial charge in [-0.05, 0) is 75.0 Å². The summed E-state index contributed by atoms with van der Waals surface area (Å²) in [5.41, 5.74) is 1.90. The van der Waals surface area contributed by atoms with Gasteiger partial charge in [0.2, 0.25) is 5.91 Å². The van der Waals surface area contributed by atoms with Crippen molar-refractivity contribution in [1.29, 1.82) is 0 Å². The van der Waals surface area contributed by atoms with Crippen LogP contribution in [0.3, 0.4) is 0 Å². The second-order valence-corrected chi connectivity index (χ2v) is 12.6. The third-order valence-electron chi connectivity index (χ3n) is 9.80. The van der Waals surface area contributed by atoms with Crippen LogP contribution in [0.4, 0.5) is 0 Å². The standard InChI is InChI=1S/C32H49N5O2/c38-30(27-11-12-29-34-20-23-37(29)25-27)35-18-9-6-10-26-13-21-36(22-14-26)31(39)28-24-32(17-19-33-28)15-7-4-2-1-3-5-8-16-32/h11-12,20,23,25-26,28,33H,1-10,13-19,21-22,24H2,(H,35,38). The molecular formula is C32H49N5O2. The average Bonchev–Trinajstić information content (AvgIpc) is 3.44. The van der Waals surface area contributed by atoms with E-state index >= 15 is 0 Å². The molecule has 1 aliphatic carbocycles. The van der Waals surface area contributed by atoms with Crippen LogP contribution in [0.2, 0.25) is 0 Å². The van der Waals surface area contributed by atoms with Crippen LogP contribution in [-0.4, -0.2) is 58.3 Å². The van der Waals surface area contributed by atoms with Crippen molar-refractivity contribution in [3.05, 3.63) is 36.3 Å². The van der Waals surface area contributed by atoms with E-state index < -0.39 is 0 Å². The maximum Gasteiger partial charge on any atom is 0.252 e. The van der Waals surface area contributed by atoms with E-state index in [9.17, 15) is 9.59 Å². The molecular weight excluding hydrogens is 486 g/mol. The molecule has 39 heavy (non-hydrogen) atoms. The summed E-state index contributed by atoms with van der Waals surface area (Å²) in [6.45, 7) is 3.51. The van der Waals surface area contributed by atoms with Crippen LogP contribution in [0.1, 0.15) is 113 Å². The molecule has 5 rings (SSSR count). The van der Waals surface area contributed by atoms with E-state index in [4.69, 9.17) is 0 Å². The van der Waals surface area contributed by atoms with E-state index in [1.165, 1.54) is 70.6 Å². The van der Waals surface area contributed by atoms with Gasteiger partial charge in [-0.15, -0.1) is 0 Å². The number of rotatable bonds is 7. The summed E-state index contributed by atoms with van der Waals surface area (Å²) in [6.07, 6.45) is 25.5. The van der Waals surface area contributed by atoms with Crippen molar-refractivity contribution in [1.82, 2.24) is 24.9 Å². The van der Waals surface area contributed by atoms with Crippen molar-refractivity contribution in [2.75, 3.05) is 26.2 Å². The van der Waals surface area contributed by atoms with E-state index in [2.05, 4.69) is 20.5 Å². The lowest BCUT2D eigenvalue weighted by atomic mass is 9.68. The number of aromatic nitrogens is 2. The van der Waals surface area contributed by atoms with E-state index in [1.54, 1.807) is 6.20 Å². The average molecular weight is 536 g/mol. The highest BCUT2D eigenvalue weighted by Crippen LogP contribution is 2.42. The Morgan fingerprint density at radius 3 is 2.49 bits per heavy atom. The minimum Gasteiger partial charge on any atom is -0.352 e. The van der Waals surface area contributed by atoms with E-state index in [-0.39, 0.29) is 11.9 Å². The van der Waals surface area contributed by atoms with Crippen molar-refractivity contribution < 1.29 is 9.59 Å². The third kappa shape index (κ3) is 7.62. The van der Waals surface area contributed by atoms with Crippen LogP contribution < -0.4 is 10.6 Å². The molecule has 3 aliphatic rings. The van der Waals surface area contributed by atoms with Crippen LogP contribution in [-0.2, 0) is 4.79 Å². The minimum absolute atomic E-state index is 0.0244. The molecule has 2 saturated heterocycles. The highest BCUT2D eigenvalue weighted by atomic mass is 16.2. The Hall–Kier alpha value is -2.41. The molecule has 1 saturated carbocycles. The Balaban J connectivity index is 0.994. The minimum atomic E-state index is -0.0269. The van der Waals surface area contributed by atoms with Gasteiger partial charge in [-0.1, -0.05) is 57.8 Å². The summed E-state index contributed by atoms with van der Waals surface area (Å²) in [7, 11) is 0. The van der Waals surface area contributed by atoms with Crippen molar-refractivity contribution in [3.8, 4) is 0 Å². The first-order valence-electron chi connectivity index (χ1n) is 15.9. The molecule has 2 N–H and O–H groups in total. The summed E-state index contributed by atoms with van der Waals surface area (Å²) in [6, 6.07) is 3.72. The molecule has 2 aromatic rings. The Morgan fingerprint density at radius 2 is 1.72 bits per heavy atom. The zero-order chi connectivity index (χ0) is 26.9. The fourth-order valence-electron chi connectivity index (χ4n) is 7.34. The van der Waals surface area contributed by atoms with Crippen LogP contribution in [0, 0.1) is 11.3 Å². The predicted octanol–water partition coefficient (Wildman–Crippen LogP) is 5.74. The molecule has 0 aromatic carbocycles. The SMILES string of the molecule is O=C(NCCCCC1CCN(C(=O)C2CC3(CCCCCCCCC3)CCN2)CC1)c1ccc2nccn2c1. The summed E-state index contributed by atoms with van der Waals surface area (Å²) in [5.74, 6) is 1.03. The highest BCUT2D eigenvalue weighted by Gasteiger charge is 2.39. The number of piperidine rings is 2. The smallest absolute Gasteiger partial charge is 0.252 e. The summed E-state index contributed by atoms with van der Waals surface area (Å²) >= 11 is 0. The number of nitrogens with zero attached hydrogens (tertiary/aromatic N) is 3. The van der Waals surface area contributed by atoms with Gasteiger partial charge in [0, 0.05) is 38.2 Å². The van der Waals surface area contributed by atoms with E-state index in [0.29, 0.717) is 29.3 Å².